The van der Waals surface area contributed by atoms with Crippen LogP contribution in [-0.4, -0.2) is 41.8 Å². The highest BCUT2D eigenvalue weighted by atomic mass is 32.2. The van der Waals surface area contributed by atoms with Crippen LogP contribution in [0, 0.1) is 5.92 Å². The first kappa shape index (κ1) is 19.0. The Kier molecular flexibility index (Phi) is 6.42. The third kappa shape index (κ3) is 4.37. The lowest BCUT2D eigenvalue weighted by atomic mass is 10.2. The SMILES string of the molecule is CCN(CC)S(=O)(=O)c1cccc(-c2nnc(SCC(C)C)o2)c1. The van der Waals surface area contributed by atoms with Gasteiger partial charge < -0.3 is 4.42 Å². The van der Waals surface area contributed by atoms with Crippen LogP contribution < -0.4 is 0 Å². The number of aromatic nitrogens is 2. The van der Waals surface area contributed by atoms with E-state index in [0.29, 0.717) is 35.7 Å². The Hall–Kier alpha value is -1.38. The minimum absolute atomic E-state index is 0.235. The smallest absolute Gasteiger partial charge is 0.276 e. The van der Waals surface area contributed by atoms with Gasteiger partial charge in [0.05, 0.1) is 4.90 Å². The van der Waals surface area contributed by atoms with Crippen molar-refractivity contribution in [3.8, 4) is 11.5 Å². The van der Waals surface area contributed by atoms with E-state index >= 15 is 0 Å². The van der Waals surface area contributed by atoms with Crippen molar-refractivity contribution >= 4 is 21.8 Å². The normalized spacial score (nSPS) is 12.2. The molecule has 0 radical (unpaired) electrons. The molecular weight excluding hydrogens is 346 g/mol. The number of hydrogen-bond donors (Lipinski definition) is 0. The van der Waals surface area contributed by atoms with Crippen molar-refractivity contribution in [3.63, 3.8) is 0 Å². The molecule has 1 heterocycles. The summed E-state index contributed by atoms with van der Waals surface area (Å²) in [7, 11) is -3.51. The molecule has 0 aliphatic heterocycles. The summed E-state index contributed by atoms with van der Waals surface area (Å²) >= 11 is 1.50. The predicted molar refractivity (Wildman–Crippen MR) is 95.4 cm³/mol. The lowest BCUT2D eigenvalue weighted by Gasteiger charge is -2.18. The van der Waals surface area contributed by atoms with E-state index in [9.17, 15) is 8.42 Å². The Morgan fingerprint density at radius 1 is 1.21 bits per heavy atom. The molecule has 0 atom stereocenters. The summed E-state index contributed by atoms with van der Waals surface area (Å²) in [5, 5.41) is 8.53. The molecule has 0 saturated carbocycles. The highest BCUT2D eigenvalue weighted by Crippen LogP contribution is 2.26. The van der Waals surface area contributed by atoms with Gasteiger partial charge in [0.2, 0.25) is 15.9 Å². The zero-order chi connectivity index (χ0) is 17.7. The van der Waals surface area contributed by atoms with E-state index in [0.717, 1.165) is 5.75 Å². The predicted octanol–water partition coefficient (Wildman–Crippen LogP) is 3.52. The van der Waals surface area contributed by atoms with Crippen molar-refractivity contribution in [2.45, 2.75) is 37.8 Å². The molecule has 8 heteroatoms. The molecule has 0 spiro atoms. The summed E-state index contributed by atoms with van der Waals surface area (Å²) in [5.41, 5.74) is 0.604. The second-order valence-electron chi connectivity index (χ2n) is 5.70. The minimum Gasteiger partial charge on any atom is -0.411 e. The van der Waals surface area contributed by atoms with Gasteiger partial charge in [-0.25, -0.2) is 8.42 Å². The van der Waals surface area contributed by atoms with Crippen LogP contribution in [0.1, 0.15) is 27.7 Å². The summed E-state index contributed by atoms with van der Waals surface area (Å²) in [6, 6.07) is 6.63. The number of hydrogen-bond acceptors (Lipinski definition) is 6. The number of benzene rings is 1. The molecule has 24 heavy (non-hydrogen) atoms. The molecule has 132 valence electrons. The van der Waals surface area contributed by atoms with Crippen LogP contribution in [0.5, 0.6) is 0 Å². The fraction of sp³-hybridized carbons (Fsp3) is 0.500. The maximum Gasteiger partial charge on any atom is 0.276 e. The molecule has 0 aliphatic carbocycles. The van der Waals surface area contributed by atoms with Gasteiger partial charge in [-0.05, 0) is 24.1 Å². The van der Waals surface area contributed by atoms with Gasteiger partial charge in [-0.3, -0.25) is 0 Å². The molecule has 0 amide bonds. The first-order valence-electron chi connectivity index (χ1n) is 7.95. The summed E-state index contributed by atoms with van der Waals surface area (Å²) in [4.78, 5) is 0.235. The maximum absolute atomic E-state index is 12.6. The molecule has 0 saturated heterocycles. The van der Waals surface area contributed by atoms with E-state index in [1.807, 2.05) is 13.8 Å². The van der Waals surface area contributed by atoms with Gasteiger partial charge in [0.15, 0.2) is 0 Å². The molecule has 2 rings (SSSR count). The van der Waals surface area contributed by atoms with Crippen LogP contribution in [0.25, 0.3) is 11.5 Å². The van der Waals surface area contributed by atoms with E-state index < -0.39 is 10.0 Å². The van der Waals surface area contributed by atoms with Gasteiger partial charge in [-0.15, -0.1) is 10.2 Å². The molecule has 0 N–H and O–H groups in total. The van der Waals surface area contributed by atoms with Crippen LogP contribution >= 0.6 is 11.8 Å². The largest absolute Gasteiger partial charge is 0.411 e. The summed E-state index contributed by atoms with van der Waals surface area (Å²) in [6.07, 6.45) is 0. The van der Waals surface area contributed by atoms with Gasteiger partial charge >= 0.3 is 0 Å². The second kappa shape index (κ2) is 8.13. The fourth-order valence-corrected chi connectivity index (χ4v) is 4.34. The highest BCUT2D eigenvalue weighted by molar-refractivity contribution is 7.99. The molecular formula is C16H23N3O3S2. The lowest BCUT2D eigenvalue weighted by molar-refractivity contribution is 0.445. The van der Waals surface area contributed by atoms with Crippen molar-refractivity contribution in [3.05, 3.63) is 24.3 Å². The molecule has 0 aliphatic rings. The fourth-order valence-electron chi connectivity index (χ4n) is 2.12. The van der Waals surface area contributed by atoms with E-state index in [1.54, 1.807) is 24.3 Å². The van der Waals surface area contributed by atoms with E-state index in [1.165, 1.54) is 16.1 Å². The number of thioether (sulfide) groups is 1. The Labute approximate surface area is 147 Å². The highest BCUT2D eigenvalue weighted by Gasteiger charge is 2.22. The summed E-state index contributed by atoms with van der Waals surface area (Å²) < 4.78 is 32.3. The lowest BCUT2D eigenvalue weighted by Crippen LogP contribution is -2.30. The first-order chi connectivity index (χ1) is 11.4. The third-order valence-electron chi connectivity index (χ3n) is 3.37. The van der Waals surface area contributed by atoms with E-state index in [2.05, 4.69) is 24.0 Å². The Balaban J connectivity index is 2.28. The van der Waals surface area contributed by atoms with Crippen molar-refractivity contribution in [1.29, 1.82) is 0 Å². The van der Waals surface area contributed by atoms with Gasteiger partial charge in [-0.2, -0.15) is 4.31 Å². The van der Waals surface area contributed by atoms with Gasteiger partial charge in [0.1, 0.15) is 0 Å². The monoisotopic (exact) mass is 369 g/mol. The Morgan fingerprint density at radius 3 is 2.54 bits per heavy atom. The van der Waals surface area contributed by atoms with Crippen LogP contribution in [0.3, 0.4) is 0 Å². The van der Waals surface area contributed by atoms with Crippen molar-refractivity contribution < 1.29 is 12.8 Å². The van der Waals surface area contributed by atoms with Crippen molar-refractivity contribution in [2.24, 2.45) is 5.92 Å². The molecule has 0 bridgehead atoms. The van der Waals surface area contributed by atoms with Crippen molar-refractivity contribution in [1.82, 2.24) is 14.5 Å². The van der Waals surface area contributed by atoms with Gasteiger partial charge in [0.25, 0.3) is 5.22 Å². The quantitative estimate of drug-likeness (QED) is 0.663. The van der Waals surface area contributed by atoms with Crippen LogP contribution in [-0.2, 0) is 10.0 Å². The average molecular weight is 370 g/mol. The zero-order valence-electron chi connectivity index (χ0n) is 14.4. The molecule has 1 aromatic carbocycles. The van der Waals surface area contributed by atoms with Gasteiger partial charge in [-0.1, -0.05) is 45.5 Å². The van der Waals surface area contributed by atoms with Crippen LogP contribution in [0.15, 0.2) is 38.8 Å². The second-order valence-corrected chi connectivity index (χ2v) is 8.60. The Bertz CT molecular complexity index is 768. The maximum atomic E-state index is 12.6. The number of rotatable bonds is 8. The number of sulfonamides is 1. The zero-order valence-corrected chi connectivity index (χ0v) is 16.0. The minimum atomic E-state index is -3.51. The van der Waals surface area contributed by atoms with E-state index in [-0.39, 0.29) is 4.90 Å². The molecule has 2 aromatic rings. The summed E-state index contributed by atoms with van der Waals surface area (Å²) in [5.74, 6) is 1.74. The molecule has 6 nitrogen and oxygen atoms in total. The first-order valence-corrected chi connectivity index (χ1v) is 10.4. The van der Waals surface area contributed by atoms with Gasteiger partial charge in [0, 0.05) is 24.4 Å². The molecule has 0 unspecified atom stereocenters. The molecule has 1 aromatic heterocycles. The third-order valence-corrected chi connectivity index (χ3v) is 6.66. The standard InChI is InChI=1S/C16H23N3O3S2/c1-5-19(6-2)24(20,21)14-9-7-8-13(10-14)15-17-18-16(22-15)23-11-12(3)4/h7-10,12H,5-6,11H2,1-4H3. The summed E-state index contributed by atoms with van der Waals surface area (Å²) in [6.45, 7) is 8.74. The van der Waals surface area contributed by atoms with Crippen LogP contribution in [0.2, 0.25) is 0 Å². The topological polar surface area (TPSA) is 76.3 Å². The molecule has 0 fully saturated rings. The average Bonchev–Trinajstić information content (AvgIpc) is 3.03. The Morgan fingerprint density at radius 2 is 1.92 bits per heavy atom. The van der Waals surface area contributed by atoms with E-state index in [4.69, 9.17) is 4.42 Å². The van der Waals surface area contributed by atoms with Crippen molar-refractivity contribution in [2.75, 3.05) is 18.8 Å². The number of nitrogens with zero attached hydrogens (tertiary/aromatic N) is 3. The van der Waals surface area contributed by atoms with Crippen LogP contribution in [0.4, 0.5) is 0 Å².